The van der Waals surface area contributed by atoms with Gasteiger partial charge in [0.05, 0.1) is 18.8 Å². The molecule has 0 radical (unpaired) electrons. The first kappa shape index (κ1) is 19.6. The van der Waals surface area contributed by atoms with E-state index in [4.69, 9.17) is 10.5 Å². The van der Waals surface area contributed by atoms with Gasteiger partial charge in [0, 0.05) is 24.9 Å². The smallest absolute Gasteiger partial charge is 0.0682 e. The van der Waals surface area contributed by atoms with Gasteiger partial charge in [0.25, 0.3) is 0 Å². The van der Waals surface area contributed by atoms with Crippen molar-refractivity contribution in [2.24, 2.45) is 11.1 Å². The molecule has 1 saturated carbocycles. The summed E-state index contributed by atoms with van der Waals surface area (Å²) >= 11 is 0. The highest BCUT2D eigenvalue weighted by Crippen LogP contribution is 2.51. The number of hydrogen-bond donors (Lipinski definition) is 2. The van der Waals surface area contributed by atoms with Crippen molar-refractivity contribution >= 4 is 0 Å². The van der Waals surface area contributed by atoms with Crippen molar-refractivity contribution in [3.63, 3.8) is 0 Å². The van der Waals surface area contributed by atoms with Crippen molar-refractivity contribution in [3.05, 3.63) is 59.7 Å². The Kier molecular flexibility index (Phi) is 5.83. The number of nitrogens with two attached hydrogens (primary N) is 1. The average Bonchev–Trinajstić information content (AvgIpc) is 2.72. The molecule has 2 aromatic rings. The zero-order valence-corrected chi connectivity index (χ0v) is 16.8. The summed E-state index contributed by atoms with van der Waals surface area (Å²) in [5.41, 5.74) is 10.8. The maximum atomic E-state index is 10.4. The van der Waals surface area contributed by atoms with Crippen molar-refractivity contribution in [2.45, 2.75) is 44.9 Å². The quantitative estimate of drug-likeness (QED) is 0.807. The summed E-state index contributed by atoms with van der Waals surface area (Å²) in [4.78, 5) is 2.50. The molecule has 4 nitrogen and oxygen atoms in total. The molecule has 150 valence electrons. The van der Waals surface area contributed by atoms with Crippen LogP contribution in [0.1, 0.15) is 30.4 Å². The number of aryl methyl sites for hydroxylation is 1. The van der Waals surface area contributed by atoms with Crippen molar-refractivity contribution in [1.82, 2.24) is 4.90 Å². The number of aliphatic hydroxyl groups is 1. The summed E-state index contributed by atoms with van der Waals surface area (Å²) in [5, 5.41) is 10.4. The minimum atomic E-state index is -0.217. The fourth-order valence-corrected chi connectivity index (χ4v) is 4.90. The van der Waals surface area contributed by atoms with Gasteiger partial charge < -0.3 is 15.6 Å². The molecule has 1 heterocycles. The first-order chi connectivity index (χ1) is 13.6. The minimum Gasteiger partial charge on any atom is -0.392 e. The fraction of sp³-hybridized carbons (Fsp3) is 0.500. The molecule has 28 heavy (non-hydrogen) atoms. The molecule has 1 spiro atoms. The first-order valence-corrected chi connectivity index (χ1v) is 10.5. The molecule has 3 N–H and O–H groups in total. The Morgan fingerprint density at radius 1 is 1.11 bits per heavy atom. The zero-order valence-electron chi connectivity index (χ0n) is 16.8. The van der Waals surface area contributed by atoms with E-state index in [9.17, 15) is 5.11 Å². The summed E-state index contributed by atoms with van der Waals surface area (Å²) < 4.78 is 5.91. The number of likely N-dealkylation sites (tertiary alicyclic amines) is 1. The third-order valence-corrected chi connectivity index (χ3v) is 6.78. The van der Waals surface area contributed by atoms with Crippen LogP contribution in [0.5, 0.6) is 0 Å². The van der Waals surface area contributed by atoms with Crippen LogP contribution in [0.15, 0.2) is 48.5 Å². The summed E-state index contributed by atoms with van der Waals surface area (Å²) in [6.45, 7) is 6.29. The molecule has 2 fully saturated rings. The summed E-state index contributed by atoms with van der Waals surface area (Å²) in [7, 11) is 0. The number of rotatable bonds is 6. The van der Waals surface area contributed by atoms with E-state index in [1.54, 1.807) is 0 Å². The Labute approximate surface area is 168 Å². The maximum Gasteiger partial charge on any atom is 0.0682 e. The van der Waals surface area contributed by atoms with E-state index in [1.807, 2.05) is 0 Å². The third-order valence-electron chi connectivity index (χ3n) is 6.78. The zero-order chi connectivity index (χ0) is 19.6. The van der Waals surface area contributed by atoms with Crippen LogP contribution >= 0.6 is 0 Å². The van der Waals surface area contributed by atoms with Crippen molar-refractivity contribution in [1.29, 1.82) is 0 Å². The average molecular weight is 381 g/mol. The lowest BCUT2D eigenvalue weighted by molar-refractivity contribution is -0.210. The molecule has 2 atom stereocenters. The van der Waals surface area contributed by atoms with Gasteiger partial charge in [0.1, 0.15) is 0 Å². The Hall–Kier alpha value is -1.72. The Morgan fingerprint density at radius 2 is 1.82 bits per heavy atom. The SMILES string of the molecule is Cc1ccccc1-c1ccc(CN2CCC3(CC2)[C@@H](O)C[C@H]3OCCN)cc1. The second-order valence-electron chi connectivity index (χ2n) is 8.42. The maximum absolute atomic E-state index is 10.4. The Balaban J connectivity index is 1.34. The number of piperidine rings is 1. The molecule has 2 aliphatic rings. The van der Waals surface area contributed by atoms with E-state index >= 15 is 0 Å². The lowest BCUT2D eigenvalue weighted by Gasteiger charge is -2.56. The number of nitrogens with zero attached hydrogens (tertiary/aromatic N) is 1. The van der Waals surface area contributed by atoms with Gasteiger partial charge in [0.15, 0.2) is 0 Å². The van der Waals surface area contributed by atoms with Crippen molar-refractivity contribution < 1.29 is 9.84 Å². The molecule has 1 saturated heterocycles. The van der Waals surface area contributed by atoms with Crippen LogP contribution < -0.4 is 5.73 Å². The molecule has 4 rings (SSSR count). The van der Waals surface area contributed by atoms with Crippen LogP contribution in [0.25, 0.3) is 11.1 Å². The van der Waals surface area contributed by atoms with Crippen LogP contribution in [-0.4, -0.2) is 48.5 Å². The Bertz CT molecular complexity index is 781. The molecule has 0 bridgehead atoms. The van der Waals surface area contributed by atoms with Gasteiger partial charge in [-0.1, -0.05) is 48.5 Å². The second-order valence-corrected chi connectivity index (χ2v) is 8.42. The highest BCUT2D eigenvalue weighted by molar-refractivity contribution is 5.67. The van der Waals surface area contributed by atoms with Gasteiger partial charge in [-0.3, -0.25) is 4.90 Å². The molecule has 1 aliphatic carbocycles. The molecular weight excluding hydrogens is 348 g/mol. The number of ether oxygens (including phenoxy) is 1. The van der Waals surface area contributed by atoms with Gasteiger partial charge in [-0.05, 0) is 55.1 Å². The van der Waals surface area contributed by atoms with Crippen molar-refractivity contribution in [3.8, 4) is 11.1 Å². The lowest BCUT2D eigenvalue weighted by atomic mass is 9.58. The van der Waals surface area contributed by atoms with E-state index < -0.39 is 0 Å². The van der Waals surface area contributed by atoms with E-state index in [0.717, 1.165) is 38.9 Å². The molecule has 1 aliphatic heterocycles. The van der Waals surface area contributed by atoms with Crippen LogP contribution in [0, 0.1) is 12.3 Å². The van der Waals surface area contributed by atoms with E-state index in [0.29, 0.717) is 13.2 Å². The van der Waals surface area contributed by atoms with Gasteiger partial charge >= 0.3 is 0 Å². The van der Waals surface area contributed by atoms with E-state index in [2.05, 4.69) is 60.4 Å². The molecule has 0 aromatic heterocycles. The van der Waals surface area contributed by atoms with E-state index in [1.165, 1.54) is 22.3 Å². The highest BCUT2D eigenvalue weighted by Gasteiger charge is 2.55. The standard InChI is InChI=1S/C24H32N2O2/c1-18-4-2-3-5-21(18)20-8-6-19(7-9-20)17-26-13-10-24(11-14-26)22(27)16-23(24)28-15-12-25/h2-9,22-23,27H,10-17,25H2,1H3/t22-,23+/m0/s1. The largest absolute Gasteiger partial charge is 0.392 e. The fourth-order valence-electron chi connectivity index (χ4n) is 4.90. The topological polar surface area (TPSA) is 58.7 Å². The number of aliphatic hydroxyl groups excluding tert-OH is 1. The summed E-state index contributed by atoms with van der Waals surface area (Å²) in [6, 6.07) is 17.5. The lowest BCUT2D eigenvalue weighted by Crippen LogP contribution is -2.62. The molecule has 0 amide bonds. The highest BCUT2D eigenvalue weighted by atomic mass is 16.5. The number of benzene rings is 2. The van der Waals surface area contributed by atoms with Crippen LogP contribution in [0.3, 0.4) is 0 Å². The van der Waals surface area contributed by atoms with Crippen molar-refractivity contribution in [2.75, 3.05) is 26.2 Å². The van der Waals surface area contributed by atoms with Gasteiger partial charge in [-0.2, -0.15) is 0 Å². The van der Waals surface area contributed by atoms with Gasteiger partial charge in [-0.25, -0.2) is 0 Å². The number of hydrogen-bond acceptors (Lipinski definition) is 4. The van der Waals surface area contributed by atoms with Crippen LogP contribution in [0.2, 0.25) is 0 Å². The van der Waals surface area contributed by atoms with Crippen LogP contribution in [0.4, 0.5) is 0 Å². The van der Waals surface area contributed by atoms with Gasteiger partial charge in [0.2, 0.25) is 0 Å². The van der Waals surface area contributed by atoms with E-state index in [-0.39, 0.29) is 17.6 Å². The predicted octanol–water partition coefficient (Wildman–Crippen LogP) is 3.35. The molecule has 4 heteroatoms. The molecule has 2 aromatic carbocycles. The molecule has 0 unspecified atom stereocenters. The Morgan fingerprint density at radius 3 is 2.46 bits per heavy atom. The minimum absolute atomic E-state index is 0.0413. The summed E-state index contributed by atoms with van der Waals surface area (Å²) in [5.74, 6) is 0. The predicted molar refractivity (Wildman–Crippen MR) is 113 cm³/mol. The first-order valence-electron chi connectivity index (χ1n) is 10.5. The monoisotopic (exact) mass is 380 g/mol. The third kappa shape index (κ3) is 3.74. The second kappa shape index (κ2) is 8.34. The van der Waals surface area contributed by atoms with Gasteiger partial charge in [-0.15, -0.1) is 0 Å². The normalized spacial score (nSPS) is 24.2. The molecular formula is C24H32N2O2. The summed E-state index contributed by atoms with van der Waals surface area (Å²) in [6.07, 6.45) is 2.74. The van der Waals surface area contributed by atoms with Crippen LogP contribution in [-0.2, 0) is 11.3 Å².